The van der Waals surface area contributed by atoms with Crippen LogP contribution in [0.15, 0.2) is 47.4 Å². The highest BCUT2D eigenvalue weighted by atomic mass is 35.5. The van der Waals surface area contributed by atoms with Crippen molar-refractivity contribution >= 4 is 35.1 Å². The monoisotopic (exact) mass is 363 g/mol. The Balaban J connectivity index is 1.36. The summed E-state index contributed by atoms with van der Waals surface area (Å²) in [6.07, 6.45) is 1.66. The number of nitrogens with one attached hydrogen (secondary N) is 1. The highest BCUT2D eigenvalue weighted by Gasteiger charge is 2.15. The second kappa shape index (κ2) is 8.31. The van der Waals surface area contributed by atoms with Crippen molar-refractivity contribution in [2.75, 3.05) is 17.7 Å². The Kier molecular flexibility index (Phi) is 5.88. The van der Waals surface area contributed by atoms with Crippen LogP contribution in [-0.4, -0.2) is 18.5 Å². The van der Waals surface area contributed by atoms with Crippen LogP contribution in [0.3, 0.4) is 0 Å². The maximum atomic E-state index is 11.1. The smallest absolute Gasteiger partial charge is 0.411 e. The molecule has 0 bridgehead atoms. The van der Waals surface area contributed by atoms with Gasteiger partial charge in [0.15, 0.2) is 0 Å². The maximum Gasteiger partial charge on any atom is 0.411 e. The molecule has 1 N–H and O–H groups in total. The number of hydrogen-bond donors (Lipinski definition) is 1. The number of amides is 1. The minimum absolute atomic E-state index is 0.288. The van der Waals surface area contributed by atoms with Gasteiger partial charge >= 0.3 is 6.09 Å². The number of anilines is 1. The summed E-state index contributed by atoms with van der Waals surface area (Å²) in [6.45, 7) is 0.962. The Morgan fingerprint density at radius 2 is 2.00 bits per heavy atom. The third-order valence-electron chi connectivity index (χ3n) is 3.56. The number of thioether (sulfide) groups is 1. The molecule has 0 saturated carbocycles. The van der Waals surface area contributed by atoms with Gasteiger partial charge in [-0.25, -0.2) is 4.79 Å². The Labute approximate surface area is 150 Å². The van der Waals surface area contributed by atoms with E-state index in [1.165, 1.54) is 4.90 Å². The predicted octanol–water partition coefficient (Wildman–Crippen LogP) is 5.35. The Morgan fingerprint density at radius 3 is 2.83 bits per heavy atom. The molecule has 2 aromatic carbocycles. The van der Waals surface area contributed by atoms with E-state index in [4.69, 9.17) is 21.1 Å². The van der Waals surface area contributed by atoms with Gasteiger partial charge in [0.2, 0.25) is 0 Å². The number of cyclic esters (lactones) is 1. The summed E-state index contributed by atoms with van der Waals surface area (Å²) in [5.41, 5.74) is 1.73. The molecule has 0 aromatic heterocycles. The third-order valence-corrected chi connectivity index (χ3v) is 4.91. The van der Waals surface area contributed by atoms with E-state index in [-0.39, 0.29) is 6.61 Å². The first kappa shape index (κ1) is 17.0. The van der Waals surface area contributed by atoms with Crippen LogP contribution in [0, 0.1) is 0 Å². The normalized spacial score (nSPS) is 13.0. The molecule has 0 fully saturated rings. The van der Waals surface area contributed by atoms with Gasteiger partial charge < -0.3 is 9.47 Å². The minimum atomic E-state index is -0.408. The molecule has 6 heteroatoms. The molecule has 1 heterocycles. The first-order valence-electron chi connectivity index (χ1n) is 7.78. The fourth-order valence-electron chi connectivity index (χ4n) is 2.31. The summed E-state index contributed by atoms with van der Waals surface area (Å²) in [6, 6.07) is 13.5. The zero-order valence-electron chi connectivity index (χ0n) is 13.1. The Hall–Kier alpha value is -1.85. The molecule has 1 aliphatic rings. The molecule has 0 radical (unpaired) electrons. The molecule has 1 amide bonds. The lowest BCUT2D eigenvalue weighted by atomic mass is 10.1. The summed E-state index contributed by atoms with van der Waals surface area (Å²) >= 11 is 7.69. The zero-order valence-corrected chi connectivity index (χ0v) is 14.7. The SMILES string of the molecule is O=C1Nc2ccc(OCCCCSc3ccc(Cl)cc3)cc2CO1. The Morgan fingerprint density at radius 1 is 1.17 bits per heavy atom. The van der Waals surface area contributed by atoms with Crippen LogP contribution in [-0.2, 0) is 11.3 Å². The van der Waals surface area contributed by atoms with Crippen molar-refractivity contribution in [2.45, 2.75) is 24.3 Å². The Bertz CT molecular complexity index is 706. The molecule has 0 atom stereocenters. The summed E-state index contributed by atoms with van der Waals surface area (Å²) in [7, 11) is 0. The second-order valence-electron chi connectivity index (χ2n) is 5.38. The van der Waals surface area contributed by atoms with Crippen molar-refractivity contribution in [2.24, 2.45) is 0 Å². The van der Waals surface area contributed by atoms with Crippen LogP contribution in [0.5, 0.6) is 5.75 Å². The number of halogens is 1. The van der Waals surface area contributed by atoms with Crippen molar-refractivity contribution in [3.63, 3.8) is 0 Å². The fourth-order valence-corrected chi connectivity index (χ4v) is 3.34. The van der Waals surface area contributed by atoms with Gasteiger partial charge in [0.25, 0.3) is 0 Å². The molecule has 4 nitrogen and oxygen atoms in total. The lowest BCUT2D eigenvalue weighted by Gasteiger charge is -2.18. The van der Waals surface area contributed by atoms with E-state index in [1.807, 2.05) is 54.2 Å². The van der Waals surface area contributed by atoms with E-state index < -0.39 is 6.09 Å². The van der Waals surface area contributed by atoms with Crippen LogP contribution < -0.4 is 10.1 Å². The van der Waals surface area contributed by atoms with Crippen LogP contribution >= 0.6 is 23.4 Å². The summed E-state index contributed by atoms with van der Waals surface area (Å²) < 4.78 is 10.7. The standard InChI is InChI=1S/C18H18ClNO3S/c19-14-3-6-16(7-4-14)24-10-2-1-9-22-15-5-8-17-13(11-15)12-23-18(21)20-17/h3-8,11H,1-2,9-10,12H2,(H,20,21). The van der Waals surface area contributed by atoms with E-state index in [9.17, 15) is 4.79 Å². The summed E-state index contributed by atoms with van der Waals surface area (Å²) in [5.74, 6) is 1.86. The lowest BCUT2D eigenvalue weighted by Crippen LogP contribution is -2.20. The first-order valence-corrected chi connectivity index (χ1v) is 9.15. The predicted molar refractivity (Wildman–Crippen MR) is 97.2 cm³/mol. The van der Waals surface area contributed by atoms with Crippen LogP contribution in [0.4, 0.5) is 10.5 Å². The van der Waals surface area contributed by atoms with Crippen molar-refractivity contribution < 1.29 is 14.3 Å². The lowest BCUT2D eigenvalue weighted by molar-refractivity contribution is 0.151. The average Bonchev–Trinajstić information content (AvgIpc) is 2.59. The maximum absolute atomic E-state index is 11.1. The van der Waals surface area contributed by atoms with Crippen molar-refractivity contribution in [1.29, 1.82) is 0 Å². The third kappa shape index (κ3) is 4.82. The van der Waals surface area contributed by atoms with Crippen molar-refractivity contribution in [3.8, 4) is 5.75 Å². The van der Waals surface area contributed by atoms with Gasteiger partial charge in [-0.05, 0) is 61.1 Å². The largest absolute Gasteiger partial charge is 0.494 e. The summed E-state index contributed by atoms with van der Waals surface area (Å²) in [5, 5.41) is 3.43. The van der Waals surface area contributed by atoms with Gasteiger partial charge in [0.05, 0.1) is 12.3 Å². The molecule has 1 aliphatic heterocycles. The number of carbonyl (C=O) groups excluding carboxylic acids is 1. The fraction of sp³-hybridized carbons (Fsp3) is 0.278. The number of rotatable bonds is 7. The highest BCUT2D eigenvalue weighted by Crippen LogP contribution is 2.26. The number of ether oxygens (including phenoxy) is 2. The molecule has 24 heavy (non-hydrogen) atoms. The second-order valence-corrected chi connectivity index (χ2v) is 6.98. The van der Waals surface area contributed by atoms with Gasteiger partial charge in [0, 0.05) is 15.5 Å². The minimum Gasteiger partial charge on any atom is -0.494 e. The number of hydrogen-bond acceptors (Lipinski definition) is 4. The van der Waals surface area contributed by atoms with Gasteiger partial charge in [-0.1, -0.05) is 11.6 Å². The first-order chi connectivity index (χ1) is 11.7. The van der Waals surface area contributed by atoms with E-state index in [1.54, 1.807) is 0 Å². The number of carbonyl (C=O) groups is 1. The topological polar surface area (TPSA) is 47.6 Å². The van der Waals surface area contributed by atoms with Crippen LogP contribution in [0.2, 0.25) is 5.02 Å². The van der Waals surface area contributed by atoms with Crippen LogP contribution in [0.1, 0.15) is 18.4 Å². The molecule has 0 unspecified atom stereocenters. The van der Waals surface area contributed by atoms with E-state index in [0.717, 1.165) is 40.6 Å². The number of unbranched alkanes of at least 4 members (excludes halogenated alkanes) is 1. The van der Waals surface area contributed by atoms with E-state index in [2.05, 4.69) is 5.32 Å². The quantitative estimate of drug-likeness (QED) is 0.531. The molecule has 3 rings (SSSR count). The van der Waals surface area contributed by atoms with Gasteiger partial charge in [0.1, 0.15) is 12.4 Å². The van der Waals surface area contributed by atoms with Gasteiger partial charge in [-0.2, -0.15) is 0 Å². The average molecular weight is 364 g/mol. The van der Waals surface area contributed by atoms with E-state index in [0.29, 0.717) is 6.61 Å². The van der Waals surface area contributed by atoms with Crippen molar-refractivity contribution in [1.82, 2.24) is 0 Å². The van der Waals surface area contributed by atoms with Crippen LogP contribution in [0.25, 0.3) is 0 Å². The molecule has 0 aliphatic carbocycles. The van der Waals surface area contributed by atoms with Crippen molar-refractivity contribution in [3.05, 3.63) is 53.1 Å². The van der Waals surface area contributed by atoms with E-state index >= 15 is 0 Å². The van der Waals surface area contributed by atoms with Gasteiger partial charge in [-0.15, -0.1) is 11.8 Å². The molecular weight excluding hydrogens is 346 g/mol. The highest BCUT2D eigenvalue weighted by molar-refractivity contribution is 7.99. The molecule has 126 valence electrons. The molecular formula is C18H18ClNO3S. The summed E-state index contributed by atoms with van der Waals surface area (Å²) in [4.78, 5) is 12.4. The number of fused-ring (bicyclic) bond motifs is 1. The molecule has 0 spiro atoms. The molecule has 0 saturated heterocycles. The number of benzene rings is 2. The molecule has 2 aromatic rings. The van der Waals surface area contributed by atoms with Gasteiger partial charge in [-0.3, -0.25) is 5.32 Å². The zero-order chi connectivity index (χ0) is 16.8.